The molecule has 2 heteroatoms. The molecule has 0 saturated carbocycles. The summed E-state index contributed by atoms with van der Waals surface area (Å²) < 4.78 is 1.99. The number of nitrogens with zero attached hydrogens (tertiary/aromatic N) is 2. The number of rotatable bonds is 1. The van der Waals surface area contributed by atoms with Gasteiger partial charge in [0, 0.05) is 11.8 Å². The molecule has 0 fully saturated rings. The zero-order valence-electron chi connectivity index (χ0n) is 9.91. The highest BCUT2D eigenvalue weighted by atomic mass is 15.2. The average molecular weight is 202 g/mol. The molecule has 0 bridgehead atoms. The van der Waals surface area contributed by atoms with Crippen molar-refractivity contribution in [2.75, 3.05) is 0 Å². The van der Waals surface area contributed by atoms with Crippen molar-refractivity contribution < 1.29 is 0 Å². The van der Waals surface area contributed by atoms with Gasteiger partial charge in [-0.15, -0.1) is 0 Å². The number of pyridine rings is 1. The van der Waals surface area contributed by atoms with Crippen LogP contribution in [0.2, 0.25) is 0 Å². The van der Waals surface area contributed by atoms with Gasteiger partial charge < -0.3 is 0 Å². The molecule has 2 aromatic heterocycles. The van der Waals surface area contributed by atoms with Crippen molar-refractivity contribution in [3.63, 3.8) is 0 Å². The molecule has 2 nitrogen and oxygen atoms in total. The van der Waals surface area contributed by atoms with E-state index in [1.54, 1.807) is 0 Å². The van der Waals surface area contributed by atoms with E-state index in [-0.39, 0.29) is 5.41 Å². The van der Waals surface area contributed by atoms with Crippen LogP contribution < -0.4 is 0 Å². The molecule has 80 valence electrons. The summed E-state index contributed by atoms with van der Waals surface area (Å²) in [6, 6.07) is 6.24. The topological polar surface area (TPSA) is 17.3 Å². The molecule has 2 aromatic rings. The lowest BCUT2D eigenvalue weighted by Gasteiger charge is -2.18. The standard InChI is InChI=1S/C13H18N2/c1-5-10-12(13(2,3)4)11-8-6-7-9-15(11)14-10/h6-9H,5H2,1-4H3. The molecule has 0 amide bonds. The van der Waals surface area contributed by atoms with E-state index >= 15 is 0 Å². The third-order valence-electron chi connectivity index (χ3n) is 2.70. The molecule has 0 aliphatic carbocycles. The lowest BCUT2D eigenvalue weighted by molar-refractivity contribution is 0.588. The monoisotopic (exact) mass is 202 g/mol. The molecule has 0 saturated heterocycles. The van der Waals surface area contributed by atoms with Crippen LogP contribution >= 0.6 is 0 Å². The highest BCUT2D eigenvalue weighted by Gasteiger charge is 2.22. The molecule has 0 atom stereocenters. The van der Waals surface area contributed by atoms with Crippen LogP contribution in [0, 0.1) is 0 Å². The van der Waals surface area contributed by atoms with E-state index in [0.29, 0.717) is 0 Å². The smallest absolute Gasteiger partial charge is 0.0701 e. The van der Waals surface area contributed by atoms with Gasteiger partial charge in [0.25, 0.3) is 0 Å². The van der Waals surface area contributed by atoms with Gasteiger partial charge >= 0.3 is 0 Å². The fraction of sp³-hybridized carbons (Fsp3) is 0.462. The summed E-state index contributed by atoms with van der Waals surface area (Å²) >= 11 is 0. The predicted molar refractivity (Wildman–Crippen MR) is 63.3 cm³/mol. The van der Waals surface area contributed by atoms with Gasteiger partial charge in [-0.25, -0.2) is 4.52 Å². The number of fused-ring (bicyclic) bond motifs is 1. The van der Waals surface area contributed by atoms with Gasteiger partial charge in [0.15, 0.2) is 0 Å². The van der Waals surface area contributed by atoms with E-state index in [1.807, 2.05) is 16.8 Å². The minimum atomic E-state index is 0.161. The maximum atomic E-state index is 4.61. The van der Waals surface area contributed by atoms with Crippen molar-refractivity contribution in [3.8, 4) is 0 Å². The molecule has 0 aromatic carbocycles. The molecule has 2 rings (SSSR count). The maximum absolute atomic E-state index is 4.61. The highest BCUT2D eigenvalue weighted by Crippen LogP contribution is 2.29. The average Bonchev–Trinajstić information content (AvgIpc) is 2.54. The highest BCUT2D eigenvalue weighted by molar-refractivity contribution is 5.59. The number of hydrogen-bond acceptors (Lipinski definition) is 1. The van der Waals surface area contributed by atoms with Crippen LogP contribution in [0.15, 0.2) is 24.4 Å². The lowest BCUT2D eigenvalue weighted by Crippen LogP contribution is -2.13. The summed E-state index contributed by atoms with van der Waals surface area (Å²) in [5, 5.41) is 4.61. The first-order chi connectivity index (χ1) is 7.04. The van der Waals surface area contributed by atoms with Crippen LogP contribution in [-0.4, -0.2) is 9.61 Å². The molecule has 0 N–H and O–H groups in total. The number of aryl methyl sites for hydroxylation is 1. The van der Waals surface area contributed by atoms with Crippen LogP contribution in [0.3, 0.4) is 0 Å². The first-order valence-electron chi connectivity index (χ1n) is 5.50. The minimum absolute atomic E-state index is 0.161. The third-order valence-corrected chi connectivity index (χ3v) is 2.70. The molecule has 15 heavy (non-hydrogen) atoms. The summed E-state index contributed by atoms with van der Waals surface area (Å²) in [7, 11) is 0. The van der Waals surface area contributed by atoms with Gasteiger partial charge in [-0.2, -0.15) is 5.10 Å². The second-order valence-electron chi connectivity index (χ2n) is 4.96. The van der Waals surface area contributed by atoms with E-state index < -0.39 is 0 Å². The fourth-order valence-electron chi connectivity index (χ4n) is 2.11. The Bertz CT molecular complexity index is 475. The van der Waals surface area contributed by atoms with Crippen LogP contribution in [0.4, 0.5) is 0 Å². The molecular weight excluding hydrogens is 184 g/mol. The fourth-order valence-corrected chi connectivity index (χ4v) is 2.11. The zero-order chi connectivity index (χ0) is 11.1. The molecule has 0 aliphatic heterocycles. The number of aromatic nitrogens is 2. The summed E-state index contributed by atoms with van der Waals surface area (Å²) in [5.41, 5.74) is 4.00. The molecule has 0 unspecified atom stereocenters. The molecule has 0 aliphatic rings. The Hall–Kier alpha value is -1.31. The van der Waals surface area contributed by atoms with E-state index in [0.717, 1.165) is 6.42 Å². The number of hydrogen-bond donors (Lipinski definition) is 0. The quantitative estimate of drug-likeness (QED) is 0.694. The molecule has 0 radical (unpaired) electrons. The summed E-state index contributed by atoms with van der Waals surface area (Å²) in [6.07, 6.45) is 3.01. The van der Waals surface area contributed by atoms with Crippen molar-refractivity contribution in [2.45, 2.75) is 39.5 Å². The first-order valence-corrected chi connectivity index (χ1v) is 5.50. The minimum Gasteiger partial charge on any atom is -0.240 e. The molecular formula is C13H18N2. The van der Waals surface area contributed by atoms with Crippen molar-refractivity contribution in [1.82, 2.24) is 9.61 Å². The Balaban J connectivity index is 2.79. The van der Waals surface area contributed by atoms with Crippen LogP contribution in [0.5, 0.6) is 0 Å². The van der Waals surface area contributed by atoms with Crippen molar-refractivity contribution >= 4 is 5.52 Å². The van der Waals surface area contributed by atoms with Gasteiger partial charge in [0.05, 0.1) is 11.2 Å². The normalized spacial score (nSPS) is 12.3. The Kier molecular flexibility index (Phi) is 2.29. The Morgan fingerprint density at radius 1 is 1.27 bits per heavy atom. The summed E-state index contributed by atoms with van der Waals surface area (Å²) in [6.45, 7) is 8.90. The largest absolute Gasteiger partial charge is 0.240 e. The second kappa shape index (κ2) is 3.37. The van der Waals surface area contributed by atoms with E-state index in [4.69, 9.17) is 0 Å². The van der Waals surface area contributed by atoms with Crippen molar-refractivity contribution in [3.05, 3.63) is 35.7 Å². The van der Waals surface area contributed by atoms with Gasteiger partial charge in [0.2, 0.25) is 0 Å². The van der Waals surface area contributed by atoms with Crippen LogP contribution in [0.1, 0.15) is 39.0 Å². The Labute approximate surface area is 90.9 Å². The Morgan fingerprint density at radius 2 is 2.00 bits per heavy atom. The first kappa shape index (κ1) is 10.2. The van der Waals surface area contributed by atoms with Crippen molar-refractivity contribution in [1.29, 1.82) is 0 Å². The van der Waals surface area contributed by atoms with E-state index in [1.165, 1.54) is 16.8 Å². The maximum Gasteiger partial charge on any atom is 0.0701 e. The van der Waals surface area contributed by atoms with Gasteiger partial charge in [-0.05, 0) is 24.0 Å². The van der Waals surface area contributed by atoms with Gasteiger partial charge in [-0.1, -0.05) is 33.8 Å². The third kappa shape index (κ3) is 1.65. The predicted octanol–water partition coefficient (Wildman–Crippen LogP) is 3.19. The second-order valence-corrected chi connectivity index (χ2v) is 4.96. The van der Waals surface area contributed by atoms with Gasteiger partial charge in [-0.3, -0.25) is 0 Å². The van der Waals surface area contributed by atoms with E-state index in [9.17, 15) is 0 Å². The van der Waals surface area contributed by atoms with E-state index in [2.05, 4.69) is 44.9 Å². The molecule has 2 heterocycles. The Morgan fingerprint density at radius 3 is 2.60 bits per heavy atom. The SMILES string of the molecule is CCc1nn2ccccc2c1C(C)(C)C. The van der Waals surface area contributed by atoms with Crippen molar-refractivity contribution in [2.24, 2.45) is 0 Å². The summed E-state index contributed by atoms with van der Waals surface area (Å²) in [4.78, 5) is 0. The lowest BCUT2D eigenvalue weighted by atomic mass is 9.85. The molecule has 0 spiro atoms. The van der Waals surface area contributed by atoms with Crippen LogP contribution in [0.25, 0.3) is 5.52 Å². The van der Waals surface area contributed by atoms with Gasteiger partial charge in [0.1, 0.15) is 0 Å². The summed E-state index contributed by atoms with van der Waals surface area (Å²) in [5.74, 6) is 0. The zero-order valence-corrected chi connectivity index (χ0v) is 9.91. The van der Waals surface area contributed by atoms with Crippen LogP contribution in [-0.2, 0) is 11.8 Å².